The number of methoxy groups -OCH3 is 1. The molecule has 2 aromatic rings. The van der Waals surface area contributed by atoms with Gasteiger partial charge in [-0.2, -0.15) is 0 Å². The number of aryl methyl sites for hydroxylation is 2. The van der Waals surface area contributed by atoms with Crippen molar-refractivity contribution >= 4 is 51.7 Å². The molecule has 0 aromatic heterocycles. The van der Waals surface area contributed by atoms with E-state index in [1.54, 1.807) is 18.2 Å². The number of carbonyl (C=O) groups is 2. The third-order valence-electron chi connectivity index (χ3n) is 4.02. The molecule has 0 radical (unpaired) electrons. The number of nitrogens with zero attached hydrogens (tertiary/aromatic N) is 1. The summed E-state index contributed by atoms with van der Waals surface area (Å²) in [6, 6.07) is 10.9. The second-order valence-corrected chi connectivity index (χ2v) is 8.08. The van der Waals surface area contributed by atoms with Gasteiger partial charge in [-0.05, 0) is 55.3 Å². The van der Waals surface area contributed by atoms with Crippen molar-refractivity contribution in [3.05, 3.63) is 52.5 Å². The lowest BCUT2D eigenvalue weighted by Crippen LogP contribution is -2.28. The molecule has 1 atom stereocenters. The quantitative estimate of drug-likeness (QED) is 0.763. The first-order valence-electron chi connectivity index (χ1n) is 8.62. The Labute approximate surface area is 172 Å². The van der Waals surface area contributed by atoms with Crippen LogP contribution in [0.1, 0.15) is 17.5 Å². The van der Waals surface area contributed by atoms with Gasteiger partial charge in [0.2, 0.25) is 11.8 Å². The number of halogens is 1. The van der Waals surface area contributed by atoms with Crippen LogP contribution in [0.25, 0.3) is 0 Å². The molecule has 1 fully saturated rings. The number of rotatable bonds is 5. The van der Waals surface area contributed by atoms with E-state index in [1.165, 1.54) is 18.9 Å². The van der Waals surface area contributed by atoms with E-state index >= 15 is 0 Å². The van der Waals surface area contributed by atoms with Gasteiger partial charge in [-0.15, -0.1) is 0 Å². The predicted molar refractivity (Wildman–Crippen MR) is 114 cm³/mol. The molecular weight excluding hydrogens is 398 g/mol. The van der Waals surface area contributed by atoms with Crippen LogP contribution >= 0.6 is 23.4 Å². The van der Waals surface area contributed by atoms with Gasteiger partial charge in [-0.25, -0.2) is 4.99 Å². The molecule has 2 amide bonds. The lowest BCUT2D eigenvalue weighted by Gasteiger charge is -2.11. The number of amides is 2. The largest absolute Gasteiger partial charge is 0.495 e. The Morgan fingerprint density at radius 1 is 1.25 bits per heavy atom. The lowest BCUT2D eigenvalue weighted by molar-refractivity contribution is -0.122. The molecule has 0 spiro atoms. The molecular formula is C20H20ClN3O3S. The normalized spacial score (nSPS) is 17.5. The first kappa shape index (κ1) is 20.2. The molecule has 2 N–H and O–H groups in total. The van der Waals surface area contributed by atoms with Crippen LogP contribution in [0.15, 0.2) is 41.4 Å². The maximum atomic E-state index is 12.4. The van der Waals surface area contributed by atoms with Crippen molar-refractivity contribution in [2.24, 2.45) is 4.99 Å². The number of hydrogen-bond donors (Lipinski definition) is 2. The maximum absolute atomic E-state index is 12.4. The van der Waals surface area contributed by atoms with Gasteiger partial charge in [0.15, 0.2) is 5.17 Å². The molecule has 8 heteroatoms. The van der Waals surface area contributed by atoms with E-state index < -0.39 is 5.25 Å². The second-order valence-electron chi connectivity index (χ2n) is 6.46. The summed E-state index contributed by atoms with van der Waals surface area (Å²) in [4.78, 5) is 29.1. The number of ether oxygens (including phenoxy) is 1. The van der Waals surface area contributed by atoms with Crippen molar-refractivity contribution < 1.29 is 14.3 Å². The fourth-order valence-electron chi connectivity index (χ4n) is 2.87. The van der Waals surface area contributed by atoms with Crippen molar-refractivity contribution in [1.82, 2.24) is 5.32 Å². The fraction of sp³-hybridized carbons (Fsp3) is 0.250. The third-order valence-corrected chi connectivity index (χ3v) is 5.34. The molecule has 1 heterocycles. The minimum Gasteiger partial charge on any atom is -0.495 e. The van der Waals surface area contributed by atoms with E-state index in [2.05, 4.69) is 21.7 Å². The third kappa shape index (κ3) is 5.05. The zero-order chi connectivity index (χ0) is 20.3. The van der Waals surface area contributed by atoms with Gasteiger partial charge < -0.3 is 15.4 Å². The molecule has 28 heavy (non-hydrogen) atoms. The summed E-state index contributed by atoms with van der Waals surface area (Å²) in [5, 5.41) is 5.91. The number of benzene rings is 2. The highest BCUT2D eigenvalue weighted by atomic mass is 35.5. The number of thioether (sulfide) groups is 1. The monoisotopic (exact) mass is 417 g/mol. The molecule has 0 saturated carbocycles. The maximum Gasteiger partial charge on any atom is 0.240 e. The van der Waals surface area contributed by atoms with E-state index in [0.29, 0.717) is 21.6 Å². The van der Waals surface area contributed by atoms with Crippen LogP contribution in [0.3, 0.4) is 0 Å². The van der Waals surface area contributed by atoms with Crippen molar-refractivity contribution in [3.63, 3.8) is 0 Å². The summed E-state index contributed by atoms with van der Waals surface area (Å²) in [6.45, 7) is 3.99. The molecule has 6 nitrogen and oxygen atoms in total. The van der Waals surface area contributed by atoms with Crippen LogP contribution in [-0.2, 0) is 9.59 Å². The van der Waals surface area contributed by atoms with E-state index in [-0.39, 0.29) is 18.2 Å². The van der Waals surface area contributed by atoms with Crippen molar-refractivity contribution in [2.45, 2.75) is 25.5 Å². The minimum atomic E-state index is -0.546. The molecule has 3 rings (SSSR count). The Hall–Kier alpha value is -2.51. The fourth-order valence-corrected chi connectivity index (χ4v) is 4.03. The molecule has 146 valence electrons. The van der Waals surface area contributed by atoms with Gasteiger partial charge >= 0.3 is 0 Å². The first-order valence-corrected chi connectivity index (χ1v) is 9.87. The van der Waals surface area contributed by atoms with Crippen LogP contribution in [0.4, 0.5) is 11.4 Å². The van der Waals surface area contributed by atoms with E-state index in [0.717, 1.165) is 16.8 Å². The summed E-state index contributed by atoms with van der Waals surface area (Å²) >= 11 is 7.23. The van der Waals surface area contributed by atoms with Crippen LogP contribution in [-0.4, -0.2) is 29.3 Å². The zero-order valence-electron chi connectivity index (χ0n) is 15.7. The molecule has 1 aliphatic heterocycles. The predicted octanol–water partition coefficient (Wildman–Crippen LogP) is 4.21. The van der Waals surface area contributed by atoms with Gasteiger partial charge in [-0.1, -0.05) is 29.4 Å². The summed E-state index contributed by atoms with van der Waals surface area (Å²) in [5.74, 6) is -0.0412. The highest BCUT2D eigenvalue weighted by Gasteiger charge is 2.32. The zero-order valence-corrected chi connectivity index (χ0v) is 17.3. The topological polar surface area (TPSA) is 79.8 Å². The van der Waals surface area contributed by atoms with Crippen LogP contribution < -0.4 is 15.4 Å². The molecule has 0 unspecified atom stereocenters. The van der Waals surface area contributed by atoms with Gasteiger partial charge in [0.1, 0.15) is 11.0 Å². The molecule has 0 bridgehead atoms. The summed E-state index contributed by atoms with van der Waals surface area (Å²) in [5.41, 5.74) is 3.43. The molecule has 0 aliphatic carbocycles. The number of hydrogen-bond acceptors (Lipinski definition) is 5. The summed E-state index contributed by atoms with van der Waals surface area (Å²) < 4.78 is 5.22. The van der Waals surface area contributed by atoms with Crippen LogP contribution in [0.2, 0.25) is 5.02 Å². The number of aliphatic imine (C=N–C) groups is 1. The SMILES string of the molecule is COc1ccc(Cl)cc1NC(=O)C[C@H]1SC(=Nc2cc(C)cc(C)c2)NC1=O. The van der Waals surface area contributed by atoms with Crippen molar-refractivity contribution in [1.29, 1.82) is 0 Å². The van der Waals surface area contributed by atoms with E-state index in [4.69, 9.17) is 16.3 Å². The Morgan fingerprint density at radius 2 is 1.96 bits per heavy atom. The van der Waals surface area contributed by atoms with Gasteiger partial charge in [0.05, 0.1) is 18.5 Å². The number of carbonyl (C=O) groups excluding carboxylic acids is 2. The Morgan fingerprint density at radius 3 is 2.64 bits per heavy atom. The average molecular weight is 418 g/mol. The van der Waals surface area contributed by atoms with Crippen molar-refractivity contribution in [3.8, 4) is 5.75 Å². The lowest BCUT2D eigenvalue weighted by atomic mass is 10.1. The highest BCUT2D eigenvalue weighted by Crippen LogP contribution is 2.30. The molecule has 1 saturated heterocycles. The van der Waals surface area contributed by atoms with Gasteiger partial charge in [-0.3, -0.25) is 9.59 Å². The molecule has 1 aliphatic rings. The number of anilines is 1. The van der Waals surface area contributed by atoms with E-state index in [1.807, 2.05) is 26.0 Å². The number of nitrogens with one attached hydrogen (secondary N) is 2. The summed E-state index contributed by atoms with van der Waals surface area (Å²) in [6.07, 6.45) is 0.0119. The van der Waals surface area contributed by atoms with Crippen LogP contribution in [0.5, 0.6) is 5.75 Å². The Bertz CT molecular complexity index is 941. The van der Waals surface area contributed by atoms with Crippen molar-refractivity contribution in [2.75, 3.05) is 12.4 Å². The second kappa shape index (κ2) is 8.67. The standard InChI is InChI=1S/C20H20ClN3O3S/c1-11-6-12(2)8-14(7-11)22-20-24-19(26)17(28-20)10-18(25)23-15-9-13(21)4-5-16(15)27-3/h4-9,17H,10H2,1-3H3,(H,23,25)(H,22,24,26)/t17-/m1/s1. The average Bonchev–Trinajstić information content (AvgIpc) is 2.93. The summed E-state index contributed by atoms with van der Waals surface area (Å²) in [7, 11) is 1.51. The first-order chi connectivity index (χ1) is 13.3. The minimum absolute atomic E-state index is 0.0119. The highest BCUT2D eigenvalue weighted by molar-refractivity contribution is 8.15. The Balaban J connectivity index is 1.67. The van der Waals surface area contributed by atoms with E-state index in [9.17, 15) is 9.59 Å². The van der Waals surface area contributed by atoms with Gasteiger partial charge in [0, 0.05) is 11.4 Å². The molecule has 2 aromatic carbocycles. The smallest absolute Gasteiger partial charge is 0.240 e. The number of amidine groups is 1. The van der Waals surface area contributed by atoms with Crippen LogP contribution in [0, 0.1) is 13.8 Å². The van der Waals surface area contributed by atoms with Gasteiger partial charge in [0.25, 0.3) is 0 Å². The Kier molecular flexibility index (Phi) is 6.26.